The van der Waals surface area contributed by atoms with Gasteiger partial charge in [-0.15, -0.1) is 0 Å². The monoisotopic (exact) mass is 371 g/mol. The first kappa shape index (κ1) is 19.0. The van der Waals surface area contributed by atoms with Crippen LogP contribution in [0.15, 0.2) is 18.2 Å². The molecule has 0 bridgehead atoms. The average molecular weight is 372 g/mol. The van der Waals surface area contributed by atoms with Crippen molar-refractivity contribution in [2.24, 2.45) is 0 Å². The second kappa shape index (κ2) is 9.25. The Morgan fingerprint density at radius 1 is 1.38 bits per heavy atom. The molecule has 1 aromatic rings. The van der Waals surface area contributed by atoms with Gasteiger partial charge in [0.15, 0.2) is 0 Å². The minimum atomic E-state index is -0.264. The fourth-order valence-corrected chi connectivity index (χ4v) is 3.24. The smallest absolute Gasteiger partial charge is 0.244 e. The van der Waals surface area contributed by atoms with Gasteiger partial charge in [-0.05, 0) is 44.0 Å². The molecule has 1 saturated heterocycles. The van der Waals surface area contributed by atoms with E-state index in [9.17, 15) is 9.59 Å². The largest absolute Gasteiger partial charge is 0.333 e. The van der Waals surface area contributed by atoms with Crippen molar-refractivity contribution < 1.29 is 9.59 Å². The average Bonchev–Trinajstić information content (AvgIpc) is 3.02. The van der Waals surface area contributed by atoms with Gasteiger partial charge in [-0.3, -0.25) is 9.59 Å². The third kappa shape index (κ3) is 5.65. The van der Waals surface area contributed by atoms with E-state index >= 15 is 0 Å². The molecule has 0 aliphatic carbocycles. The van der Waals surface area contributed by atoms with Crippen LogP contribution in [0.25, 0.3) is 0 Å². The molecule has 132 valence electrons. The summed E-state index contributed by atoms with van der Waals surface area (Å²) < 4.78 is 0. The lowest BCUT2D eigenvalue weighted by Crippen LogP contribution is -2.41. The standard InChI is InChI=1S/C17H23Cl2N3O2/c1-2-8-22(17(24)10-13-4-3-7-20-13)11-16(23)21-15-6-5-12(18)9-14(15)19/h5-6,9,13,20H,2-4,7-8,10-11H2,1H3,(H,21,23). The summed E-state index contributed by atoms with van der Waals surface area (Å²) in [5.74, 6) is -0.256. The highest BCUT2D eigenvalue weighted by molar-refractivity contribution is 6.36. The van der Waals surface area contributed by atoms with Gasteiger partial charge >= 0.3 is 0 Å². The van der Waals surface area contributed by atoms with Gasteiger partial charge in [0, 0.05) is 24.0 Å². The van der Waals surface area contributed by atoms with Crippen LogP contribution in [-0.2, 0) is 9.59 Å². The van der Waals surface area contributed by atoms with E-state index in [0.717, 1.165) is 25.8 Å². The number of halogens is 2. The highest BCUT2D eigenvalue weighted by atomic mass is 35.5. The summed E-state index contributed by atoms with van der Waals surface area (Å²) in [5, 5.41) is 6.93. The molecule has 1 fully saturated rings. The first-order valence-corrected chi connectivity index (χ1v) is 9.01. The van der Waals surface area contributed by atoms with Crippen molar-refractivity contribution in [1.82, 2.24) is 10.2 Å². The Morgan fingerprint density at radius 3 is 2.79 bits per heavy atom. The number of nitrogens with zero attached hydrogens (tertiary/aromatic N) is 1. The third-order valence-electron chi connectivity index (χ3n) is 3.97. The molecule has 24 heavy (non-hydrogen) atoms. The Morgan fingerprint density at radius 2 is 2.17 bits per heavy atom. The van der Waals surface area contributed by atoms with Crippen LogP contribution >= 0.6 is 23.2 Å². The molecule has 0 aromatic heterocycles. The normalized spacial score (nSPS) is 16.9. The topological polar surface area (TPSA) is 61.4 Å². The van der Waals surface area contributed by atoms with Gasteiger partial charge in [-0.2, -0.15) is 0 Å². The van der Waals surface area contributed by atoms with E-state index in [4.69, 9.17) is 23.2 Å². The lowest BCUT2D eigenvalue weighted by atomic mass is 10.1. The summed E-state index contributed by atoms with van der Waals surface area (Å²) in [4.78, 5) is 26.3. The number of nitrogens with one attached hydrogen (secondary N) is 2. The van der Waals surface area contributed by atoms with E-state index in [1.807, 2.05) is 6.92 Å². The fraction of sp³-hybridized carbons (Fsp3) is 0.529. The van der Waals surface area contributed by atoms with Crippen LogP contribution in [-0.4, -0.2) is 42.4 Å². The van der Waals surface area contributed by atoms with Gasteiger partial charge in [-0.25, -0.2) is 0 Å². The molecule has 0 radical (unpaired) electrons. The van der Waals surface area contributed by atoms with Crippen LogP contribution in [0.2, 0.25) is 10.0 Å². The molecule has 1 atom stereocenters. The first-order valence-electron chi connectivity index (χ1n) is 8.25. The van der Waals surface area contributed by atoms with Crippen LogP contribution in [0.3, 0.4) is 0 Å². The van der Waals surface area contributed by atoms with Gasteiger partial charge in [0.25, 0.3) is 0 Å². The van der Waals surface area contributed by atoms with Crippen molar-refractivity contribution >= 4 is 40.7 Å². The van der Waals surface area contributed by atoms with Crippen molar-refractivity contribution in [1.29, 1.82) is 0 Å². The summed E-state index contributed by atoms with van der Waals surface area (Å²) in [6, 6.07) is 5.10. The van der Waals surface area contributed by atoms with E-state index in [1.165, 1.54) is 0 Å². The zero-order valence-corrected chi connectivity index (χ0v) is 15.3. The number of hydrogen-bond donors (Lipinski definition) is 2. The van der Waals surface area contributed by atoms with Gasteiger partial charge < -0.3 is 15.5 Å². The predicted octanol–water partition coefficient (Wildman–Crippen LogP) is 3.31. The summed E-state index contributed by atoms with van der Waals surface area (Å²) in [5.41, 5.74) is 0.493. The molecular formula is C17H23Cl2N3O2. The Bertz CT molecular complexity index is 589. The maximum Gasteiger partial charge on any atom is 0.244 e. The zero-order chi connectivity index (χ0) is 17.5. The Hall–Kier alpha value is -1.30. The second-order valence-corrected chi connectivity index (χ2v) is 6.83. The van der Waals surface area contributed by atoms with E-state index in [2.05, 4.69) is 10.6 Å². The molecule has 7 heteroatoms. The Balaban J connectivity index is 1.93. The molecule has 1 unspecified atom stereocenters. The number of hydrogen-bond acceptors (Lipinski definition) is 3. The number of anilines is 1. The molecule has 1 aromatic carbocycles. The highest BCUT2D eigenvalue weighted by Crippen LogP contribution is 2.25. The molecule has 1 aliphatic heterocycles. The number of rotatable bonds is 7. The maximum atomic E-state index is 12.5. The predicted molar refractivity (Wildman–Crippen MR) is 97.6 cm³/mol. The SMILES string of the molecule is CCCN(CC(=O)Nc1ccc(Cl)cc1Cl)C(=O)CC1CCCN1. The van der Waals surface area contributed by atoms with Crippen LogP contribution in [0.5, 0.6) is 0 Å². The molecule has 2 N–H and O–H groups in total. The lowest BCUT2D eigenvalue weighted by Gasteiger charge is -2.23. The van der Waals surface area contributed by atoms with Crippen molar-refractivity contribution in [2.75, 3.05) is 25.0 Å². The minimum Gasteiger partial charge on any atom is -0.333 e. The number of carbonyl (C=O) groups is 2. The van der Waals surface area contributed by atoms with Crippen LogP contribution in [0, 0.1) is 0 Å². The van der Waals surface area contributed by atoms with Gasteiger partial charge in [0.05, 0.1) is 17.3 Å². The summed E-state index contributed by atoms with van der Waals surface area (Å²) in [6.07, 6.45) is 3.35. The van der Waals surface area contributed by atoms with Gasteiger partial charge in [0.2, 0.25) is 11.8 Å². The number of benzene rings is 1. The van der Waals surface area contributed by atoms with Gasteiger partial charge in [0.1, 0.15) is 0 Å². The van der Waals surface area contributed by atoms with E-state index in [-0.39, 0.29) is 24.4 Å². The molecule has 2 rings (SSSR count). The quantitative estimate of drug-likeness (QED) is 0.772. The summed E-state index contributed by atoms with van der Waals surface area (Å²) in [7, 11) is 0. The molecule has 5 nitrogen and oxygen atoms in total. The fourth-order valence-electron chi connectivity index (χ4n) is 2.79. The molecule has 1 aliphatic rings. The maximum absolute atomic E-state index is 12.5. The summed E-state index contributed by atoms with van der Waals surface area (Å²) >= 11 is 11.9. The van der Waals surface area contributed by atoms with Crippen LogP contribution in [0.1, 0.15) is 32.6 Å². The Kier molecular flexibility index (Phi) is 7.34. The van der Waals surface area contributed by atoms with E-state index < -0.39 is 0 Å². The molecule has 0 saturated carbocycles. The lowest BCUT2D eigenvalue weighted by molar-refractivity contribution is -0.135. The van der Waals surface area contributed by atoms with Crippen molar-refractivity contribution in [3.8, 4) is 0 Å². The number of amides is 2. The second-order valence-electron chi connectivity index (χ2n) is 5.99. The van der Waals surface area contributed by atoms with Gasteiger partial charge in [-0.1, -0.05) is 30.1 Å². The Labute approximate surface area is 152 Å². The summed E-state index contributed by atoms with van der Waals surface area (Å²) in [6.45, 7) is 3.54. The van der Waals surface area contributed by atoms with E-state index in [0.29, 0.717) is 28.7 Å². The highest BCUT2D eigenvalue weighted by Gasteiger charge is 2.23. The van der Waals surface area contributed by atoms with Crippen LogP contribution < -0.4 is 10.6 Å². The molecule has 0 spiro atoms. The molecule has 1 heterocycles. The van der Waals surface area contributed by atoms with Crippen molar-refractivity contribution in [3.05, 3.63) is 28.2 Å². The minimum absolute atomic E-state index is 0.00797. The van der Waals surface area contributed by atoms with Crippen molar-refractivity contribution in [2.45, 2.75) is 38.6 Å². The van der Waals surface area contributed by atoms with Crippen molar-refractivity contribution in [3.63, 3.8) is 0 Å². The molecular weight excluding hydrogens is 349 g/mol. The molecule has 2 amide bonds. The van der Waals surface area contributed by atoms with Crippen LogP contribution in [0.4, 0.5) is 5.69 Å². The number of carbonyl (C=O) groups excluding carboxylic acids is 2. The zero-order valence-electron chi connectivity index (χ0n) is 13.8. The first-order chi connectivity index (χ1) is 11.5. The third-order valence-corrected chi connectivity index (χ3v) is 4.52. The van der Waals surface area contributed by atoms with E-state index in [1.54, 1.807) is 23.1 Å².